The van der Waals surface area contributed by atoms with E-state index in [0.717, 1.165) is 21.2 Å². The molecule has 0 heterocycles. The molecule has 88 valence electrons. The Kier molecular flexibility index (Phi) is 3.94. The molecule has 2 N–H and O–H groups in total. The van der Waals surface area contributed by atoms with Gasteiger partial charge in [-0.3, -0.25) is 0 Å². The fourth-order valence-electron chi connectivity index (χ4n) is 1.47. The normalized spacial score (nSPS) is 10.2. The Morgan fingerprint density at radius 2 is 1.76 bits per heavy atom. The second-order valence-corrected chi connectivity index (χ2v) is 4.67. The molecule has 0 unspecified atom stereocenters. The van der Waals surface area contributed by atoms with Crippen molar-refractivity contribution in [3.63, 3.8) is 0 Å². The van der Waals surface area contributed by atoms with Gasteiger partial charge in [0.15, 0.2) is 0 Å². The standard InChI is InChI=1S/C14H15NOS/c1-2-16-13-5-3-4-6-14(13)17-12-9-7-11(15)8-10-12/h3-10H,2,15H2,1H3. The lowest BCUT2D eigenvalue weighted by Gasteiger charge is -2.09. The van der Waals surface area contributed by atoms with E-state index in [1.165, 1.54) is 0 Å². The summed E-state index contributed by atoms with van der Waals surface area (Å²) in [7, 11) is 0. The van der Waals surface area contributed by atoms with Gasteiger partial charge in [-0.15, -0.1) is 0 Å². The maximum absolute atomic E-state index is 5.66. The van der Waals surface area contributed by atoms with Crippen LogP contribution in [0.5, 0.6) is 5.75 Å². The first-order chi connectivity index (χ1) is 8.29. The highest BCUT2D eigenvalue weighted by Crippen LogP contribution is 2.34. The van der Waals surface area contributed by atoms with E-state index in [4.69, 9.17) is 10.5 Å². The first-order valence-electron chi connectivity index (χ1n) is 5.55. The van der Waals surface area contributed by atoms with Gasteiger partial charge in [-0.25, -0.2) is 0 Å². The number of ether oxygens (including phenoxy) is 1. The van der Waals surface area contributed by atoms with E-state index in [1.807, 2.05) is 49.4 Å². The zero-order chi connectivity index (χ0) is 12.1. The van der Waals surface area contributed by atoms with E-state index in [2.05, 4.69) is 6.07 Å². The molecule has 0 aliphatic heterocycles. The minimum Gasteiger partial charge on any atom is -0.493 e. The molecule has 0 aliphatic carbocycles. The molecule has 2 nitrogen and oxygen atoms in total. The van der Waals surface area contributed by atoms with Crippen LogP contribution in [0.4, 0.5) is 5.69 Å². The topological polar surface area (TPSA) is 35.2 Å². The zero-order valence-electron chi connectivity index (χ0n) is 9.72. The van der Waals surface area contributed by atoms with Crippen LogP contribution in [-0.2, 0) is 0 Å². The Bertz CT molecular complexity index is 482. The quantitative estimate of drug-likeness (QED) is 0.832. The highest BCUT2D eigenvalue weighted by molar-refractivity contribution is 7.99. The lowest BCUT2D eigenvalue weighted by molar-refractivity contribution is 0.332. The molecule has 0 bridgehead atoms. The van der Waals surface area contributed by atoms with Gasteiger partial charge in [-0.2, -0.15) is 0 Å². The third-order valence-electron chi connectivity index (χ3n) is 2.26. The van der Waals surface area contributed by atoms with Crippen molar-refractivity contribution in [1.82, 2.24) is 0 Å². The number of rotatable bonds is 4. The number of para-hydroxylation sites is 1. The van der Waals surface area contributed by atoms with Crippen LogP contribution in [0.25, 0.3) is 0 Å². The summed E-state index contributed by atoms with van der Waals surface area (Å²) in [6.07, 6.45) is 0. The van der Waals surface area contributed by atoms with Crippen molar-refractivity contribution in [2.75, 3.05) is 12.3 Å². The van der Waals surface area contributed by atoms with Gasteiger partial charge in [0.05, 0.1) is 11.5 Å². The van der Waals surface area contributed by atoms with Gasteiger partial charge in [0, 0.05) is 10.6 Å². The molecule has 2 aromatic carbocycles. The summed E-state index contributed by atoms with van der Waals surface area (Å²) in [6.45, 7) is 2.67. The van der Waals surface area contributed by atoms with E-state index in [-0.39, 0.29) is 0 Å². The predicted octanol–water partition coefficient (Wildman–Crippen LogP) is 3.82. The van der Waals surface area contributed by atoms with Crippen molar-refractivity contribution < 1.29 is 4.74 Å². The molecule has 3 heteroatoms. The number of nitrogens with two attached hydrogens (primary N) is 1. The Balaban J connectivity index is 2.20. The summed E-state index contributed by atoms with van der Waals surface area (Å²) in [5, 5.41) is 0. The maximum Gasteiger partial charge on any atom is 0.133 e. The van der Waals surface area contributed by atoms with E-state index in [1.54, 1.807) is 11.8 Å². The van der Waals surface area contributed by atoms with Gasteiger partial charge in [-0.1, -0.05) is 23.9 Å². The summed E-state index contributed by atoms with van der Waals surface area (Å²) < 4.78 is 5.59. The number of anilines is 1. The molecule has 0 aliphatic rings. The van der Waals surface area contributed by atoms with Crippen molar-refractivity contribution in [3.05, 3.63) is 48.5 Å². The maximum atomic E-state index is 5.66. The van der Waals surface area contributed by atoms with Crippen LogP contribution in [0, 0.1) is 0 Å². The lowest BCUT2D eigenvalue weighted by Crippen LogP contribution is -1.92. The molecule has 2 aromatic rings. The number of nitrogen functional groups attached to an aromatic ring is 1. The minimum absolute atomic E-state index is 0.680. The Hall–Kier alpha value is -1.61. The van der Waals surface area contributed by atoms with Crippen molar-refractivity contribution in [2.24, 2.45) is 0 Å². The van der Waals surface area contributed by atoms with E-state index < -0.39 is 0 Å². The van der Waals surface area contributed by atoms with Crippen molar-refractivity contribution in [3.8, 4) is 5.75 Å². The summed E-state index contributed by atoms with van der Waals surface area (Å²) in [5.74, 6) is 0.928. The molecule has 17 heavy (non-hydrogen) atoms. The van der Waals surface area contributed by atoms with Crippen molar-refractivity contribution in [1.29, 1.82) is 0 Å². The largest absolute Gasteiger partial charge is 0.493 e. The monoisotopic (exact) mass is 245 g/mol. The number of benzene rings is 2. The molecule has 0 saturated carbocycles. The van der Waals surface area contributed by atoms with Crippen molar-refractivity contribution in [2.45, 2.75) is 16.7 Å². The number of hydrogen-bond acceptors (Lipinski definition) is 3. The van der Waals surface area contributed by atoms with Crippen LogP contribution < -0.4 is 10.5 Å². The van der Waals surface area contributed by atoms with Crippen LogP contribution >= 0.6 is 11.8 Å². The van der Waals surface area contributed by atoms with Gasteiger partial charge in [-0.05, 0) is 43.3 Å². The highest BCUT2D eigenvalue weighted by atomic mass is 32.2. The zero-order valence-corrected chi connectivity index (χ0v) is 10.5. The van der Waals surface area contributed by atoms with Crippen LogP contribution in [-0.4, -0.2) is 6.61 Å². The molecule has 0 fully saturated rings. The molecule has 0 spiro atoms. The molecular weight excluding hydrogens is 230 g/mol. The highest BCUT2D eigenvalue weighted by Gasteiger charge is 2.04. The Morgan fingerprint density at radius 1 is 1.06 bits per heavy atom. The van der Waals surface area contributed by atoms with Gasteiger partial charge < -0.3 is 10.5 Å². The summed E-state index contributed by atoms with van der Waals surface area (Å²) >= 11 is 1.68. The SMILES string of the molecule is CCOc1ccccc1Sc1ccc(N)cc1. The Labute approximate surface area is 106 Å². The Morgan fingerprint density at radius 3 is 2.47 bits per heavy atom. The second-order valence-electron chi connectivity index (χ2n) is 3.55. The van der Waals surface area contributed by atoms with Crippen LogP contribution in [0.3, 0.4) is 0 Å². The van der Waals surface area contributed by atoms with Gasteiger partial charge in [0.2, 0.25) is 0 Å². The van der Waals surface area contributed by atoms with E-state index >= 15 is 0 Å². The average molecular weight is 245 g/mol. The van der Waals surface area contributed by atoms with Crippen LogP contribution in [0.15, 0.2) is 58.3 Å². The summed E-state index contributed by atoms with van der Waals surface area (Å²) in [5.41, 5.74) is 6.45. The first kappa shape index (κ1) is 11.9. The second kappa shape index (κ2) is 5.64. The summed E-state index contributed by atoms with van der Waals surface area (Å²) in [6, 6.07) is 15.9. The fourth-order valence-corrected chi connectivity index (χ4v) is 2.37. The molecule has 0 aromatic heterocycles. The van der Waals surface area contributed by atoms with Crippen molar-refractivity contribution >= 4 is 17.4 Å². The van der Waals surface area contributed by atoms with Crippen LogP contribution in [0.2, 0.25) is 0 Å². The smallest absolute Gasteiger partial charge is 0.133 e. The molecule has 2 rings (SSSR count). The van der Waals surface area contributed by atoms with Crippen LogP contribution in [0.1, 0.15) is 6.92 Å². The van der Waals surface area contributed by atoms with Gasteiger partial charge >= 0.3 is 0 Å². The van der Waals surface area contributed by atoms with Gasteiger partial charge in [0.25, 0.3) is 0 Å². The molecule has 0 atom stereocenters. The molecule has 0 saturated heterocycles. The molecule has 0 amide bonds. The summed E-state index contributed by atoms with van der Waals surface area (Å²) in [4.78, 5) is 2.28. The average Bonchev–Trinajstić information content (AvgIpc) is 2.35. The van der Waals surface area contributed by atoms with E-state index in [9.17, 15) is 0 Å². The van der Waals surface area contributed by atoms with Gasteiger partial charge in [0.1, 0.15) is 5.75 Å². The fraction of sp³-hybridized carbons (Fsp3) is 0.143. The van der Waals surface area contributed by atoms with E-state index in [0.29, 0.717) is 6.61 Å². The lowest BCUT2D eigenvalue weighted by atomic mass is 10.3. The predicted molar refractivity (Wildman–Crippen MR) is 72.6 cm³/mol. The molecule has 0 radical (unpaired) electrons. The minimum atomic E-state index is 0.680. The third-order valence-corrected chi connectivity index (χ3v) is 3.32. The molecular formula is C14H15NOS. The number of hydrogen-bond donors (Lipinski definition) is 1. The third kappa shape index (κ3) is 3.17. The first-order valence-corrected chi connectivity index (χ1v) is 6.36.